The summed E-state index contributed by atoms with van der Waals surface area (Å²) in [6.07, 6.45) is 9.45. The lowest BCUT2D eigenvalue weighted by Gasteiger charge is -2.32. The Morgan fingerprint density at radius 2 is 0.900 bits per heavy atom. The van der Waals surface area contributed by atoms with Crippen LogP contribution in [0.1, 0.15) is 134 Å². The topological polar surface area (TPSA) is 181 Å². The quantitative estimate of drug-likeness (QED) is 0.0818. The van der Waals surface area contributed by atoms with Crippen LogP contribution in [0.25, 0.3) is 0 Å². The van der Waals surface area contributed by atoms with Gasteiger partial charge in [-0.2, -0.15) is 0 Å². The van der Waals surface area contributed by atoms with Crippen LogP contribution in [0.4, 0.5) is 0 Å². The lowest BCUT2D eigenvalue weighted by atomic mass is 9.87. The van der Waals surface area contributed by atoms with Gasteiger partial charge in [0, 0.05) is 13.1 Å². The first-order valence-corrected chi connectivity index (χ1v) is 25.4. The van der Waals surface area contributed by atoms with Gasteiger partial charge in [0.2, 0.25) is 35.4 Å². The fourth-order valence-corrected chi connectivity index (χ4v) is 10.7. The monoisotopic (exact) mass is 951 g/mol. The molecule has 6 amide bonds. The maximum absolute atomic E-state index is 14.5. The minimum atomic E-state index is -0.986. The summed E-state index contributed by atoms with van der Waals surface area (Å²) < 4.78 is 0. The highest BCUT2D eigenvalue weighted by molar-refractivity contribution is 5.95. The molecule has 14 heteroatoms. The van der Waals surface area contributed by atoms with E-state index in [9.17, 15) is 28.8 Å². The van der Waals surface area contributed by atoms with Gasteiger partial charge >= 0.3 is 0 Å². The summed E-state index contributed by atoms with van der Waals surface area (Å²) >= 11 is 0. The van der Waals surface area contributed by atoms with Crippen LogP contribution in [0, 0.1) is 0 Å². The molecular formula is C56H70N8O6. The second kappa shape index (κ2) is 23.0. The first kappa shape index (κ1) is 50.0. The van der Waals surface area contributed by atoms with Gasteiger partial charge in [-0.1, -0.05) is 97.1 Å². The first-order chi connectivity index (χ1) is 33.9. The summed E-state index contributed by atoms with van der Waals surface area (Å²) in [6, 6.07) is 27.3. The van der Waals surface area contributed by atoms with Gasteiger partial charge in [-0.15, -0.1) is 0 Å². The number of aryl methyl sites for hydroxylation is 4. The van der Waals surface area contributed by atoms with Gasteiger partial charge in [0.1, 0.15) is 24.2 Å². The molecule has 8 rings (SSSR count). The van der Waals surface area contributed by atoms with E-state index in [0.717, 1.165) is 60.8 Å². The number of hydrogen-bond donors (Lipinski definition) is 6. The predicted molar refractivity (Wildman–Crippen MR) is 269 cm³/mol. The lowest BCUT2D eigenvalue weighted by molar-refractivity contribution is -0.142. The van der Waals surface area contributed by atoms with Crippen LogP contribution in [0.2, 0.25) is 0 Å². The average Bonchev–Trinajstić information content (AvgIpc) is 4.10. The Bertz CT molecular complexity index is 2340. The highest BCUT2D eigenvalue weighted by Crippen LogP contribution is 2.33. The zero-order chi connectivity index (χ0) is 49.3. The molecule has 2 aliphatic heterocycles. The molecule has 370 valence electrons. The zero-order valence-corrected chi connectivity index (χ0v) is 41.1. The molecule has 0 saturated carbocycles. The molecule has 70 heavy (non-hydrogen) atoms. The zero-order valence-electron chi connectivity index (χ0n) is 41.1. The van der Waals surface area contributed by atoms with E-state index in [2.05, 4.69) is 56.2 Å². The third kappa shape index (κ3) is 11.5. The van der Waals surface area contributed by atoms with Gasteiger partial charge in [-0.05, 0) is 150 Å². The number of likely N-dealkylation sites (N-methyl/N-ethyl adjacent to an activating group) is 2. The van der Waals surface area contributed by atoms with E-state index >= 15 is 0 Å². The van der Waals surface area contributed by atoms with E-state index in [1.165, 1.54) is 11.1 Å². The van der Waals surface area contributed by atoms with Gasteiger partial charge in [0.15, 0.2) is 0 Å². The number of fused-ring (bicyclic) bond motifs is 2. The fraction of sp³-hybridized carbons (Fsp3) is 0.464. The van der Waals surface area contributed by atoms with E-state index in [4.69, 9.17) is 0 Å². The molecule has 2 heterocycles. The van der Waals surface area contributed by atoms with Crippen LogP contribution in [0.3, 0.4) is 0 Å². The second-order valence-corrected chi connectivity index (χ2v) is 19.6. The minimum Gasteiger partial charge on any atom is -0.347 e. The molecule has 2 fully saturated rings. The van der Waals surface area contributed by atoms with Gasteiger partial charge in [0.25, 0.3) is 0 Å². The van der Waals surface area contributed by atoms with E-state index in [1.54, 1.807) is 37.7 Å². The molecule has 0 spiro atoms. The Morgan fingerprint density at radius 3 is 1.29 bits per heavy atom. The Hall–Kier alpha value is -6.38. The Labute approximate surface area is 412 Å². The molecule has 2 saturated heterocycles. The average molecular weight is 951 g/mol. The van der Waals surface area contributed by atoms with Crippen molar-refractivity contribution in [2.45, 2.75) is 139 Å². The number of hydrogen-bond acceptors (Lipinski definition) is 8. The highest BCUT2D eigenvalue weighted by Gasteiger charge is 2.41. The number of amides is 6. The highest BCUT2D eigenvalue weighted by atomic mass is 16.2. The van der Waals surface area contributed by atoms with Crippen molar-refractivity contribution < 1.29 is 28.8 Å². The van der Waals surface area contributed by atoms with Crippen molar-refractivity contribution in [3.05, 3.63) is 142 Å². The van der Waals surface area contributed by atoms with E-state index in [0.29, 0.717) is 62.7 Å². The molecular weight excluding hydrogens is 881 g/mol. The van der Waals surface area contributed by atoms with Gasteiger partial charge in [-0.3, -0.25) is 28.8 Å². The number of carbonyl (C=O) groups is 6. The maximum atomic E-state index is 14.5. The molecule has 0 bridgehead atoms. The van der Waals surface area contributed by atoms with Crippen molar-refractivity contribution >= 4 is 35.4 Å². The van der Waals surface area contributed by atoms with Crippen LogP contribution in [-0.4, -0.2) is 96.6 Å². The smallest absolute Gasteiger partial charge is 0.250 e. The predicted octanol–water partition coefficient (Wildman–Crippen LogP) is 5.37. The Morgan fingerprint density at radius 1 is 0.514 bits per heavy atom. The van der Waals surface area contributed by atoms with Crippen molar-refractivity contribution in [1.82, 2.24) is 41.7 Å². The number of benzene rings is 4. The SMILES string of the molecule is CNC(C)C(=O)NC(C(=O)N1CCCC1C(=O)NC1CCCc2ccccc21)c1ccc(CCc2ccc(C(NC(=O)[C@H](C)NC)C(=O)N3CCC[C@H]3C(=O)NC3CCCc4ccccc43)cc2)cc1. The Kier molecular flexibility index (Phi) is 16.5. The van der Waals surface area contributed by atoms with Crippen molar-refractivity contribution in [2.75, 3.05) is 27.2 Å². The first-order valence-electron chi connectivity index (χ1n) is 25.4. The molecule has 6 unspecified atom stereocenters. The van der Waals surface area contributed by atoms with E-state index in [1.807, 2.05) is 72.8 Å². The van der Waals surface area contributed by atoms with Crippen molar-refractivity contribution in [2.24, 2.45) is 0 Å². The maximum Gasteiger partial charge on any atom is 0.250 e. The second-order valence-electron chi connectivity index (χ2n) is 19.6. The van der Waals surface area contributed by atoms with E-state index < -0.39 is 36.3 Å². The van der Waals surface area contributed by atoms with Crippen LogP contribution >= 0.6 is 0 Å². The number of rotatable bonds is 17. The van der Waals surface area contributed by atoms with Crippen molar-refractivity contribution in [3.63, 3.8) is 0 Å². The largest absolute Gasteiger partial charge is 0.347 e. The molecule has 8 atom stereocenters. The van der Waals surface area contributed by atoms with Crippen LogP contribution in [0.15, 0.2) is 97.1 Å². The molecule has 4 aromatic carbocycles. The summed E-state index contributed by atoms with van der Waals surface area (Å²) in [7, 11) is 3.39. The molecule has 0 aromatic heterocycles. The van der Waals surface area contributed by atoms with Crippen LogP contribution in [0.5, 0.6) is 0 Å². The standard InChI is InChI=1S/C56H70N8O6/c1-35(57-3)51(65)61-49(55(69)63-33-11-21-47(63)53(67)59-45-19-9-15-39-13-5-7-17-43(39)45)41-29-25-37(26-30-41)23-24-38-27-31-42(32-28-38)50(62-52(66)36(2)58-4)56(70)64-34-12-22-48(64)54(68)60-46-20-10-16-40-14-6-8-18-44(40)46/h5-8,13-14,17-18,25-32,35-36,45-50,57-58H,9-12,15-16,19-24,33-34H2,1-4H3,(H,59,67)(H,60,68)(H,61,65)(H,62,66)/t35-,36?,45?,46?,47-,48?,49?,50?/m0/s1. The van der Waals surface area contributed by atoms with Crippen molar-refractivity contribution in [1.29, 1.82) is 0 Å². The molecule has 6 N–H and O–H groups in total. The number of nitrogens with one attached hydrogen (secondary N) is 6. The van der Waals surface area contributed by atoms with Gasteiger partial charge < -0.3 is 41.7 Å². The summed E-state index contributed by atoms with van der Waals surface area (Å²) in [4.78, 5) is 86.7. The summed E-state index contributed by atoms with van der Waals surface area (Å²) in [5.74, 6) is -1.59. The molecule has 2 aliphatic carbocycles. The fourth-order valence-electron chi connectivity index (χ4n) is 10.7. The molecule has 4 aliphatic rings. The van der Waals surface area contributed by atoms with Gasteiger partial charge in [0.05, 0.1) is 24.2 Å². The van der Waals surface area contributed by atoms with Crippen molar-refractivity contribution in [3.8, 4) is 0 Å². The minimum absolute atomic E-state index is 0.104. The normalized spacial score (nSPS) is 21.3. The molecule has 14 nitrogen and oxygen atoms in total. The summed E-state index contributed by atoms with van der Waals surface area (Å²) in [6.45, 7) is 4.32. The van der Waals surface area contributed by atoms with Crippen LogP contribution < -0.4 is 31.9 Å². The van der Waals surface area contributed by atoms with E-state index in [-0.39, 0.29) is 47.5 Å². The lowest BCUT2D eigenvalue weighted by Crippen LogP contribution is -2.52. The number of carbonyl (C=O) groups excluding carboxylic acids is 6. The molecule has 4 aromatic rings. The van der Waals surface area contributed by atoms with Gasteiger partial charge in [-0.25, -0.2) is 0 Å². The summed E-state index contributed by atoms with van der Waals surface area (Å²) in [5.41, 5.74) is 8.08. The number of nitrogens with zero attached hydrogens (tertiary/aromatic N) is 2. The third-order valence-corrected chi connectivity index (χ3v) is 15.1. The summed E-state index contributed by atoms with van der Waals surface area (Å²) in [5, 5.41) is 18.4. The number of likely N-dealkylation sites (tertiary alicyclic amines) is 2. The third-order valence-electron chi connectivity index (χ3n) is 15.1. The Balaban J connectivity index is 0.929. The van der Waals surface area contributed by atoms with Crippen LogP contribution in [-0.2, 0) is 54.5 Å². The molecule has 0 radical (unpaired) electrons.